The lowest BCUT2D eigenvalue weighted by molar-refractivity contribution is -0.140. The first-order valence-electron chi connectivity index (χ1n) is 5.85. The normalized spacial score (nSPS) is 20.6. The number of rotatable bonds is 3. The first-order valence-corrected chi connectivity index (χ1v) is 7.66. The number of hydrogen-bond donors (Lipinski definition) is 1. The Morgan fingerprint density at radius 2 is 2.16 bits per heavy atom. The molecule has 0 bridgehead atoms. The minimum atomic E-state index is -3.79. The minimum Gasteiger partial charge on any atom is -0.480 e. The number of carboxylic acid groups (broad SMARTS) is 1. The van der Waals surface area contributed by atoms with Crippen LogP contribution in [0.3, 0.4) is 0 Å². The van der Waals surface area contributed by atoms with Gasteiger partial charge in [-0.25, -0.2) is 8.42 Å². The van der Waals surface area contributed by atoms with Crippen molar-refractivity contribution in [3.63, 3.8) is 0 Å². The van der Waals surface area contributed by atoms with E-state index in [0.29, 0.717) is 23.4 Å². The first kappa shape index (κ1) is 14.3. The van der Waals surface area contributed by atoms with Crippen molar-refractivity contribution >= 4 is 27.6 Å². The molecule has 1 aromatic carbocycles. The van der Waals surface area contributed by atoms with Gasteiger partial charge >= 0.3 is 5.97 Å². The molecule has 1 aromatic rings. The van der Waals surface area contributed by atoms with Gasteiger partial charge in [-0.05, 0) is 43.5 Å². The molecule has 1 saturated heterocycles. The highest BCUT2D eigenvalue weighted by molar-refractivity contribution is 7.89. The predicted molar refractivity (Wildman–Crippen MR) is 70.7 cm³/mol. The summed E-state index contributed by atoms with van der Waals surface area (Å²) in [5, 5.41) is 9.53. The summed E-state index contributed by atoms with van der Waals surface area (Å²) in [5.41, 5.74) is 0.517. The zero-order valence-electron chi connectivity index (χ0n) is 10.3. The fraction of sp³-hybridized carbons (Fsp3) is 0.417. The molecule has 0 aliphatic carbocycles. The maximum Gasteiger partial charge on any atom is 0.322 e. The first-order chi connectivity index (χ1) is 8.84. The van der Waals surface area contributed by atoms with E-state index in [4.69, 9.17) is 16.7 Å². The smallest absolute Gasteiger partial charge is 0.322 e. The number of nitrogens with zero attached hydrogens (tertiary/aromatic N) is 1. The Kier molecular flexibility index (Phi) is 3.85. The van der Waals surface area contributed by atoms with Crippen LogP contribution in [0.1, 0.15) is 18.4 Å². The summed E-state index contributed by atoms with van der Waals surface area (Å²) in [5.74, 6) is -1.10. The lowest BCUT2D eigenvalue weighted by atomic mass is 10.2. The third-order valence-electron chi connectivity index (χ3n) is 3.21. The predicted octanol–water partition coefficient (Wildman–Crippen LogP) is 1.89. The average molecular weight is 304 g/mol. The topological polar surface area (TPSA) is 74.7 Å². The molecule has 19 heavy (non-hydrogen) atoms. The van der Waals surface area contributed by atoms with Crippen molar-refractivity contribution in [2.24, 2.45) is 0 Å². The number of sulfonamides is 1. The van der Waals surface area contributed by atoms with Crippen LogP contribution in [0.5, 0.6) is 0 Å². The number of halogens is 1. The van der Waals surface area contributed by atoms with Gasteiger partial charge in [0.15, 0.2) is 0 Å². The van der Waals surface area contributed by atoms with Crippen LogP contribution in [-0.2, 0) is 14.8 Å². The molecule has 5 nitrogen and oxygen atoms in total. The zero-order chi connectivity index (χ0) is 14.2. The molecule has 0 aromatic heterocycles. The van der Waals surface area contributed by atoms with Crippen LogP contribution in [-0.4, -0.2) is 36.4 Å². The molecule has 1 heterocycles. The molecule has 0 unspecified atom stereocenters. The van der Waals surface area contributed by atoms with E-state index in [1.165, 1.54) is 12.1 Å². The molecule has 0 saturated carbocycles. The van der Waals surface area contributed by atoms with Crippen molar-refractivity contribution in [1.29, 1.82) is 0 Å². The molecule has 1 fully saturated rings. The highest BCUT2D eigenvalue weighted by Gasteiger charge is 2.39. The molecule has 0 spiro atoms. The van der Waals surface area contributed by atoms with Gasteiger partial charge in [0.05, 0.1) is 4.90 Å². The molecule has 1 aliphatic rings. The summed E-state index contributed by atoms with van der Waals surface area (Å²) in [4.78, 5) is 11.2. The zero-order valence-corrected chi connectivity index (χ0v) is 11.9. The highest BCUT2D eigenvalue weighted by atomic mass is 35.5. The maximum absolute atomic E-state index is 12.5. The Hall–Kier alpha value is -1.11. The molecule has 2 rings (SSSR count). The van der Waals surface area contributed by atoms with E-state index in [1.54, 1.807) is 13.0 Å². The lowest BCUT2D eigenvalue weighted by Crippen LogP contribution is -2.40. The summed E-state index contributed by atoms with van der Waals surface area (Å²) in [6.45, 7) is 1.88. The number of aliphatic carboxylic acids is 1. The summed E-state index contributed by atoms with van der Waals surface area (Å²) in [7, 11) is -3.79. The third-order valence-corrected chi connectivity index (χ3v) is 5.52. The maximum atomic E-state index is 12.5. The molecular formula is C12H14ClNO4S. The standard InChI is InChI=1S/C12H14ClNO4S/c1-8-7-9(13)4-5-11(8)19(17,18)14-6-2-3-10(14)12(15)16/h4-5,7,10H,2-3,6H2,1H3,(H,15,16)/t10-/m0/s1. The molecule has 1 atom stereocenters. The van der Waals surface area contributed by atoms with Gasteiger partial charge in [-0.15, -0.1) is 0 Å². The summed E-state index contributed by atoms with van der Waals surface area (Å²) < 4.78 is 26.1. The molecule has 0 amide bonds. The second kappa shape index (κ2) is 5.11. The Morgan fingerprint density at radius 3 is 2.74 bits per heavy atom. The number of carboxylic acids is 1. The van der Waals surface area contributed by atoms with Crippen LogP contribution in [0, 0.1) is 6.92 Å². The van der Waals surface area contributed by atoms with Crippen molar-refractivity contribution < 1.29 is 18.3 Å². The number of aryl methyl sites for hydroxylation is 1. The molecule has 104 valence electrons. The number of benzene rings is 1. The Labute approximate surface area is 116 Å². The van der Waals surface area contributed by atoms with Crippen LogP contribution in [0.4, 0.5) is 0 Å². The van der Waals surface area contributed by atoms with E-state index >= 15 is 0 Å². The molecular weight excluding hydrogens is 290 g/mol. The molecule has 7 heteroatoms. The fourth-order valence-corrected chi connectivity index (χ4v) is 4.39. The quantitative estimate of drug-likeness (QED) is 0.925. The minimum absolute atomic E-state index is 0.116. The van der Waals surface area contributed by atoms with Gasteiger partial charge in [0.25, 0.3) is 0 Å². The number of carbonyl (C=O) groups is 1. The van der Waals surface area contributed by atoms with Gasteiger partial charge in [0.2, 0.25) is 10.0 Å². The van der Waals surface area contributed by atoms with E-state index in [-0.39, 0.29) is 11.4 Å². The fourth-order valence-electron chi connectivity index (χ4n) is 2.30. The SMILES string of the molecule is Cc1cc(Cl)ccc1S(=O)(=O)N1CCC[C@H]1C(=O)O. The Balaban J connectivity index is 2.45. The van der Waals surface area contributed by atoms with Crippen LogP contribution in [0.2, 0.25) is 5.02 Å². The van der Waals surface area contributed by atoms with E-state index in [0.717, 1.165) is 4.31 Å². The highest BCUT2D eigenvalue weighted by Crippen LogP contribution is 2.29. The van der Waals surface area contributed by atoms with Gasteiger partial charge in [0.1, 0.15) is 6.04 Å². The average Bonchev–Trinajstić information content (AvgIpc) is 2.77. The van der Waals surface area contributed by atoms with Gasteiger partial charge in [-0.1, -0.05) is 11.6 Å². The summed E-state index contributed by atoms with van der Waals surface area (Å²) in [6.07, 6.45) is 0.907. The van der Waals surface area contributed by atoms with E-state index in [9.17, 15) is 13.2 Å². The van der Waals surface area contributed by atoms with Crippen LogP contribution < -0.4 is 0 Å². The second-order valence-electron chi connectivity index (χ2n) is 4.52. The van der Waals surface area contributed by atoms with E-state index in [2.05, 4.69) is 0 Å². The molecule has 1 aliphatic heterocycles. The van der Waals surface area contributed by atoms with Gasteiger partial charge in [-0.2, -0.15) is 4.31 Å². The van der Waals surface area contributed by atoms with Crippen molar-refractivity contribution in [3.8, 4) is 0 Å². The second-order valence-corrected chi connectivity index (χ2v) is 6.82. The monoisotopic (exact) mass is 303 g/mol. The summed E-state index contributed by atoms with van der Waals surface area (Å²) in [6, 6.07) is 3.50. The van der Waals surface area contributed by atoms with E-state index in [1.807, 2.05) is 0 Å². The van der Waals surface area contributed by atoms with Gasteiger partial charge in [0, 0.05) is 11.6 Å². The van der Waals surface area contributed by atoms with Crippen molar-refractivity contribution in [2.75, 3.05) is 6.54 Å². The van der Waals surface area contributed by atoms with Crippen LogP contribution >= 0.6 is 11.6 Å². The van der Waals surface area contributed by atoms with Crippen LogP contribution in [0.15, 0.2) is 23.1 Å². The lowest BCUT2D eigenvalue weighted by Gasteiger charge is -2.22. The van der Waals surface area contributed by atoms with Gasteiger partial charge < -0.3 is 5.11 Å². The van der Waals surface area contributed by atoms with Gasteiger partial charge in [-0.3, -0.25) is 4.79 Å². The van der Waals surface area contributed by atoms with E-state index < -0.39 is 22.0 Å². The molecule has 1 N–H and O–H groups in total. The summed E-state index contributed by atoms with van der Waals surface area (Å²) >= 11 is 5.80. The third kappa shape index (κ3) is 2.61. The Morgan fingerprint density at radius 1 is 1.47 bits per heavy atom. The largest absolute Gasteiger partial charge is 0.480 e. The molecule has 0 radical (unpaired) electrons. The van der Waals surface area contributed by atoms with Crippen molar-refractivity contribution in [1.82, 2.24) is 4.31 Å². The van der Waals surface area contributed by atoms with Crippen molar-refractivity contribution in [3.05, 3.63) is 28.8 Å². The van der Waals surface area contributed by atoms with Crippen molar-refractivity contribution in [2.45, 2.75) is 30.7 Å². The van der Waals surface area contributed by atoms with Crippen LogP contribution in [0.25, 0.3) is 0 Å². The Bertz CT molecular complexity index is 614. The number of hydrogen-bond acceptors (Lipinski definition) is 3.